The minimum Gasteiger partial charge on any atom is -0.288 e. The van der Waals surface area contributed by atoms with E-state index in [0.29, 0.717) is 5.92 Å². The maximum Gasteiger partial charge on any atom is 0.202 e. The Kier molecular flexibility index (Phi) is 4.25. The van der Waals surface area contributed by atoms with Gasteiger partial charge in [0.1, 0.15) is 0 Å². The van der Waals surface area contributed by atoms with Crippen molar-refractivity contribution in [2.24, 2.45) is 0 Å². The smallest absolute Gasteiger partial charge is 0.202 e. The number of aryl methyl sites for hydroxylation is 2. The summed E-state index contributed by atoms with van der Waals surface area (Å²) >= 11 is 1.71. The van der Waals surface area contributed by atoms with E-state index in [4.69, 9.17) is 0 Å². The van der Waals surface area contributed by atoms with Crippen molar-refractivity contribution in [1.29, 1.82) is 0 Å². The van der Waals surface area contributed by atoms with Gasteiger partial charge in [0.15, 0.2) is 0 Å². The number of ketones is 1. The highest BCUT2D eigenvalue weighted by Gasteiger charge is 2.17. The Morgan fingerprint density at radius 2 is 1.76 bits per heavy atom. The van der Waals surface area contributed by atoms with Crippen LogP contribution in [0.5, 0.6) is 0 Å². The van der Waals surface area contributed by atoms with Gasteiger partial charge < -0.3 is 0 Å². The highest BCUT2D eigenvalue weighted by atomic mass is 32.1. The lowest BCUT2D eigenvalue weighted by Gasteiger charge is -2.05. The van der Waals surface area contributed by atoms with E-state index in [1.165, 1.54) is 35.3 Å². The van der Waals surface area contributed by atoms with Crippen LogP contribution in [0.15, 0.2) is 30.3 Å². The number of benzene rings is 1. The summed E-state index contributed by atoms with van der Waals surface area (Å²) in [7, 11) is 0. The maximum atomic E-state index is 12.6. The molecule has 0 saturated carbocycles. The van der Waals surface area contributed by atoms with E-state index in [2.05, 4.69) is 32.0 Å². The Bertz CT molecular complexity index is 611. The third-order valence-electron chi connectivity index (χ3n) is 4.31. The van der Waals surface area contributed by atoms with Gasteiger partial charge >= 0.3 is 0 Å². The van der Waals surface area contributed by atoms with Crippen LogP contribution < -0.4 is 0 Å². The van der Waals surface area contributed by atoms with Crippen LogP contribution in [0, 0.1) is 0 Å². The predicted octanol–water partition coefficient (Wildman–Crippen LogP) is 5.37. The quantitative estimate of drug-likeness (QED) is 0.550. The molecule has 3 rings (SSSR count). The Balaban J connectivity index is 1.85. The molecule has 0 spiro atoms. The van der Waals surface area contributed by atoms with Crippen molar-refractivity contribution < 1.29 is 4.79 Å². The lowest BCUT2D eigenvalue weighted by molar-refractivity contribution is 0.104. The standard InChI is InChI=1S/C19H22OS/c1-13(2)14-8-10-15(11-9-14)19(20)18-12-16-6-4-3-5-7-17(16)21-18/h8-13H,3-7H2,1-2H3. The number of fused-ring (bicyclic) bond motifs is 1. The lowest BCUT2D eigenvalue weighted by Crippen LogP contribution is -1.99. The molecular weight excluding hydrogens is 276 g/mol. The molecule has 0 radical (unpaired) electrons. The Morgan fingerprint density at radius 1 is 1.05 bits per heavy atom. The molecule has 1 aromatic carbocycles. The molecule has 0 unspecified atom stereocenters. The highest BCUT2D eigenvalue weighted by Crippen LogP contribution is 2.30. The van der Waals surface area contributed by atoms with Gasteiger partial charge in [-0.2, -0.15) is 0 Å². The Hall–Kier alpha value is -1.41. The first-order valence-corrected chi connectivity index (χ1v) is 8.73. The van der Waals surface area contributed by atoms with Crippen LogP contribution in [0.1, 0.15) is 70.3 Å². The predicted molar refractivity (Wildman–Crippen MR) is 89.5 cm³/mol. The van der Waals surface area contributed by atoms with Crippen molar-refractivity contribution in [1.82, 2.24) is 0 Å². The molecule has 0 N–H and O–H groups in total. The minimum atomic E-state index is 0.184. The second kappa shape index (κ2) is 6.15. The van der Waals surface area contributed by atoms with Gasteiger partial charge in [0.25, 0.3) is 0 Å². The SMILES string of the molecule is CC(C)c1ccc(C(=O)c2cc3c(s2)CCCCC3)cc1. The van der Waals surface area contributed by atoms with E-state index in [-0.39, 0.29) is 5.78 Å². The van der Waals surface area contributed by atoms with Gasteiger partial charge in [0.05, 0.1) is 4.88 Å². The summed E-state index contributed by atoms with van der Waals surface area (Å²) in [6, 6.07) is 10.3. The van der Waals surface area contributed by atoms with Crippen LogP contribution in [0.3, 0.4) is 0 Å². The number of hydrogen-bond donors (Lipinski definition) is 0. The average molecular weight is 298 g/mol. The van der Waals surface area contributed by atoms with Crippen LogP contribution in [-0.2, 0) is 12.8 Å². The first kappa shape index (κ1) is 14.5. The fraction of sp³-hybridized carbons (Fsp3) is 0.421. The molecule has 2 heteroatoms. The van der Waals surface area contributed by atoms with Crippen molar-refractivity contribution in [3.8, 4) is 0 Å². The zero-order chi connectivity index (χ0) is 14.8. The molecule has 1 nitrogen and oxygen atoms in total. The molecule has 0 bridgehead atoms. The summed E-state index contributed by atoms with van der Waals surface area (Å²) in [6.07, 6.45) is 6.15. The van der Waals surface area contributed by atoms with Gasteiger partial charge in [0, 0.05) is 10.4 Å². The molecule has 0 saturated heterocycles. The molecule has 1 aliphatic rings. The Morgan fingerprint density at radius 3 is 2.48 bits per heavy atom. The first-order valence-electron chi connectivity index (χ1n) is 7.91. The van der Waals surface area contributed by atoms with Crippen molar-refractivity contribution in [2.75, 3.05) is 0 Å². The molecule has 1 aromatic heterocycles. The van der Waals surface area contributed by atoms with E-state index < -0.39 is 0 Å². The van der Waals surface area contributed by atoms with Gasteiger partial charge in [0.2, 0.25) is 5.78 Å². The van der Waals surface area contributed by atoms with Gasteiger partial charge in [-0.1, -0.05) is 44.5 Å². The molecular formula is C19H22OS. The van der Waals surface area contributed by atoms with E-state index in [1.54, 1.807) is 11.3 Å². The zero-order valence-corrected chi connectivity index (χ0v) is 13.6. The van der Waals surface area contributed by atoms with Crippen molar-refractivity contribution in [2.45, 2.75) is 51.9 Å². The van der Waals surface area contributed by atoms with E-state index in [9.17, 15) is 4.79 Å². The number of hydrogen-bond acceptors (Lipinski definition) is 2. The van der Waals surface area contributed by atoms with Gasteiger partial charge in [-0.05, 0) is 48.8 Å². The molecule has 1 aliphatic carbocycles. The summed E-state index contributed by atoms with van der Waals surface area (Å²) in [6.45, 7) is 4.35. The van der Waals surface area contributed by atoms with Crippen LogP contribution in [0.25, 0.3) is 0 Å². The molecule has 1 heterocycles. The largest absolute Gasteiger partial charge is 0.288 e. The molecule has 0 fully saturated rings. The van der Waals surface area contributed by atoms with Crippen LogP contribution >= 0.6 is 11.3 Å². The van der Waals surface area contributed by atoms with Crippen molar-refractivity contribution in [3.05, 3.63) is 56.8 Å². The van der Waals surface area contributed by atoms with Crippen LogP contribution in [-0.4, -0.2) is 5.78 Å². The monoisotopic (exact) mass is 298 g/mol. The van der Waals surface area contributed by atoms with Gasteiger partial charge in [-0.25, -0.2) is 0 Å². The van der Waals surface area contributed by atoms with Crippen LogP contribution in [0.2, 0.25) is 0 Å². The second-order valence-electron chi connectivity index (χ2n) is 6.23. The molecule has 0 atom stereocenters. The zero-order valence-electron chi connectivity index (χ0n) is 12.8. The highest BCUT2D eigenvalue weighted by molar-refractivity contribution is 7.14. The number of carbonyl (C=O) groups excluding carboxylic acids is 1. The topological polar surface area (TPSA) is 17.1 Å². The average Bonchev–Trinajstić information content (AvgIpc) is 2.77. The summed E-state index contributed by atoms with van der Waals surface area (Å²) in [4.78, 5) is 15.0. The van der Waals surface area contributed by atoms with E-state index >= 15 is 0 Å². The molecule has 21 heavy (non-hydrogen) atoms. The summed E-state index contributed by atoms with van der Waals surface area (Å²) in [5.41, 5.74) is 3.52. The number of carbonyl (C=O) groups is 1. The normalized spacial score (nSPS) is 14.8. The van der Waals surface area contributed by atoms with Crippen LogP contribution in [0.4, 0.5) is 0 Å². The fourth-order valence-corrected chi connectivity index (χ4v) is 4.16. The summed E-state index contributed by atoms with van der Waals surface area (Å²) in [5, 5.41) is 0. The van der Waals surface area contributed by atoms with Gasteiger partial charge in [-0.15, -0.1) is 11.3 Å². The van der Waals surface area contributed by atoms with Crippen molar-refractivity contribution in [3.63, 3.8) is 0 Å². The minimum absolute atomic E-state index is 0.184. The first-order chi connectivity index (χ1) is 10.1. The number of rotatable bonds is 3. The third-order valence-corrected chi connectivity index (χ3v) is 5.55. The third kappa shape index (κ3) is 3.11. The molecule has 0 amide bonds. The van der Waals surface area contributed by atoms with Crippen molar-refractivity contribution >= 4 is 17.1 Å². The molecule has 110 valence electrons. The fourth-order valence-electron chi connectivity index (χ4n) is 2.94. The second-order valence-corrected chi connectivity index (χ2v) is 7.36. The lowest BCUT2D eigenvalue weighted by atomic mass is 10.00. The maximum absolute atomic E-state index is 12.6. The van der Waals surface area contributed by atoms with E-state index in [1.807, 2.05) is 12.1 Å². The van der Waals surface area contributed by atoms with E-state index in [0.717, 1.165) is 23.3 Å². The van der Waals surface area contributed by atoms with Gasteiger partial charge in [-0.3, -0.25) is 4.79 Å². The Labute approximate surface area is 131 Å². The number of thiophene rings is 1. The summed E-state index contributed by atoms with van der Waals surface area (Å²) in [5.74, 6) is 0.690. The molecule has 2 aromatic rings. The molecule has 0 aliphatic heterocycles. The summed E-state index contributed by atoms with van der Waals surface area (Å²) < 4.78 is 0.